The highest BCUT2D eigenvalue weighted by Gasteiger charge is 2.14. The average Bonchev–Trinajstić information content (AvgIpc) is 3.08. The highest BCUT2D eigenvalue weighted by molar-refractivity contribution is 5.97. The number of hydrogen-bond acceptors (Lipinski definition) is 4. The van der Waals surface area contributed by atoms with Crippen molar-refractivity contribution in [2.75, 3.05) is 20.8 Å². The largest absolute Gasteiger partial charge is 0.497 e. The first kappa shape index (κ1) is 20.4. The molecule has 7 heteroatoms. The van der Waals surface area contributed by atoms with E-state index in [9.17, 15) is 9.18 Å². The third-order valence-electron chi connectivity index (χ3n) is 4.68. The molecule has 6 nitrogen and oxygen atoms in total. The number of nitrogens with one attached hydrogen (secondary N) is 1. The molecule has 1 heterocycles. The molecule has 152 valence electrons. The lowest BCUT2D eigenvalue weighted by Crippen LogP contribution is -2.27. The van der Waals surface area contributed by atoms with Gasteiger partial charge in [0, 0.05) is 37.5 Å². The van der Waals surface area contributed by atoms with Gasteiger partial charge in [0.15, 0.2) is 0 Å². The van der Waals surface area contributed by atoms with E-state index >= 15 is 0 Å². The minimum atomic E-state index is -0.256. The van der Waals surface area contributed by atoms with E-state index in [1.807, 2.05) is 6.92 Å². The average molecular weight is 397 g/mol. The first-order chi connectivity index (χ1) is 14.0. The van der Waals surface area contributed by atoms with Crippen LogP contribution >= 0.6 is 0 Å². The summed E-state index contributed by atoms with van der Waals surface area (Å²) in [6.45, 7) is 3.00. The van der Waals surface area contributed by atoms with E-state index in [1.54, 1.807) is 43.6 Å². The molecule has 0 radical (unpaired) electrons. The van der Waals surface area contributed by atoms with Gasteiger partial charge in [-0.1, -0.05) is 12.1 Å². The molecule has 0 fully saturated rings. The second-order valence-electron chi connectivity index (χ2n) is 6.60. The number of hydrogen-bond donors (Lipinski definition) is 1. The van der Waals surface area contributed by atoms with E-state index < -0.39 is 0 Å². The Morgan fingerprint density at radius 3 is 2.59 bits per heavy atom. The number of methoxy groups -OCH3 is 2. The van der Waals surface area contributed by atoms with Crippen LogP contribution < -0.4 is 14.8 Å². The van der Waals surface area contributed by atoms with Crippen LogP contribution in [0.1, 0.15) is 27.4 Å². The molecule has 0 aliphatic carbocycles. The fourth-order valence-electron chi connectivity index (χ4n) is 3.07. The van der Waals surface area contributed by atoms with Gasteiger partial charge in [-0.05, 0) is 36.8 Å². The van der Waals surface area contributed by atoms with Crippen LogP contribution in [0.2, 0.25) is 0 Å². The molecular weight excluding hydrogens is 373 g/mol. The van der Waals surface area contributed by atoms with Crippen molar-refractivity contribution in [3.63, 3.8) is 0 Å². The Balaban J connectivity index is 1.64. The topological polar surface area (TPSA) is 65.4 Å². The highest BCUT2D eigenvalue weighted by atomic mass is 19.1. The van der Waals surface area contributed by atoms with Crippen LogP contribution in [-0.2, 0) is 13.0 Å². The number of halogens is 1. The van der Waals surface area contributed by atoms with Crippen LogP contribution in [0.4, 0.5) is 4.39 Å². The van der Waals surface area contributed by atoms with Crippen molar-refractivity contribution >= 4 is 5.91 Å². The number of ether oxygens (including phenoxy) is 2. The maximum Gasteiger partial charge on any atom is 0.255 e. The molecule has 1 N–H and O–H groups in total. The Morgan fingerprint density at radius 2 is 1.90 bits per heavy atom. The van der Waals surface area contributed by atoms with Gasteiger partial charge in [-0.25, -0.2) is 9.37 Å². The fourth-order valence-corrected chi connectivity index (χ4v) is 3.07. The number of benzene rings is 2. The molecule has 29 heavy (non-hydrogen) atoms. The maximum absolute atomic E-state index is 13.1. The Hall–Kier alpha value is -3.35. The summed E-state index contributed by atoms with van der Waals surface area (Å²) >= 11 is 0. The van der Waals surface area contributed by atoms with Crippen molar-refractivity contribution in [3.05, 3.63) is 77.1 Å². The van der Waals surface area contributed by atoms with E-state index in [0.29, 0.717) is 36.6 Å². The first-order valence-corrected chi connectivity index (χ1v) is 9.27. The summed E-state index contributed by atoms with van der Waals surface area (Å²) in [6.07, 6.45) is 2.37. The molecule has 1 aromatic heterocycles. The van der Waals surface area contributed by atoms with Crippen molar-refractivity contribution < 1.29 is 18.7 Å². The zero-order valence-corrected chi connectivity index (χ0v) is 16.7. The van der Waals surface area contributed by atoms with Gasteiger partial charge >= 0.3 is 0 Å². The molecule has 0 saturated carbocycles. The van der Waals surface area contributed by atoms with Crippen molar-refractivity contribution in [2.24, 2.45) is 0 Å². The number of amides is 1. The normalized spacial score (nSPS) is 10.6. The quantitative estimate of drug-likeness (QED) is 0.633. The summed E-state index contributed by atoms with van der Waals surface area (Å²) in [4.78, 5) is 17.0. The number of carbonyl (C=O) groups excluding carboxylic acids is 1. The SMILES string of the molecule is COc1ccc(C(=O)NCCc2ncc(C)n2Cc2ccc(F)cc2)c(OC)c1. The van der Waals surface area contributed by atoms with Gasteiger partial charge in [-0.2, -0.15) is 0 Å². The van der Waals surface area contributed by atoms with Crippen LogP contribution in [0.5, 0.6) is 11.5 Å². The predicted molar refractivity (Wildman–Crippen MR) is 108 cm³/mol. The number of aryl methyl sites for hydroxylation is 1. The first-order valence-electron chi connectivity index (χ1n) is 9.27. The summed E-state index contributed by atoms with van der Waals surface area (Å²) in [5.74, 6) is 1.45. The smallest absolute Gasteiger partial charge is 0.255 e. The van der Waals surface area contributed by atoms with Gasteiger partial charge in [0.2, 0.25) is 0 Å². The lowest BCUT2D eigenvalue weighted by atomic mass is 10.1. The lowest BCUT2D eigenvalue weighted by Gasteiger charge is -2.12. The maximum atomic E-state index is 13.1. The van der Waals surface area contributed by atoms with Crippen molar-refractivity contribution in [2.45, 2.75) is 19.9 Å². The van der Waals surface area contributed by atoms with Crippen LogP contribution in [0, 0.1) is 12.7 Å². The van der Waals surface area contributed by atoms with Gasteiger partial charge in [-0.3, -0.25) is 4.79 Å². The second-order valence-corrected chi connectivity index (χ2v) is 6.60. The summed E-state index contributed by atoms with van der Waals surface area (Å²) in [5.41, 5.74) is 2.44. The summed E-state index contributed by atoms with van der Waals surface area (Å²) in [5, 5.41) is 2.90. The van der Waals surface area contributed by atoms with Gasteiger partial charge in [0.05, 0.1) is 19.8 Å². The van der Waals surface area contributed by atoms with E-state index in [2.05, 4.69) is 14.9 Å². The lowest BCUT2D eigenvalue weighted by molar-refractivity contribution is 0.0951. The van der Waals surface area contributed by atoms with Crippen LogP contribution in [0.15, 0.2) is 48.7 Å². The number of aromatic nitrogens is 2. The Bertz CT molecular complexity index is 983. The number of carbonyl (C=O) groups is 1. The third-order valence-corrected chi connectivity index (χ3v) is 4.68. The molecule has 2 aromatic carbocycles. The molecule has 1 amide bonds. The number of rotatable bonds is 8. The summed E-state index contributed by atoms with van der Waals surface area (Å²) in [6, 6.07) is 11.5. The van der Waals surface area contributed by atoms with Crippen molar-refractivity contribution in [3.8, 4) is 11.5 Å². The number of nitrogens with zero attached hydrogens (tertiary/aromatic N) is 2. The Labute approximate surface area is 169 Å². The minimum absolute atomic E-state index is 0.224. The molecule has 3 aromatic rings. The molecule has 0 aliphatic rings. The van der Waals surface area contributed by atoms with Gasteiger partial charge < -0.3 is 19.4 Å². The van der Waals surface area contributed by atoms with Gasteiger partial charge in [0.1, 0.15) is 23.1 Å². The highest BCUT2D eigenvalue weighted by Crippen LogP contribution is 2.24. The Morgan fingerprint density at radius 1 is 1.14 bits per heavy atom. The molecular formula is C22H24FN3O3. The van der Waals surface area contributed by atoms with Crippen LogP contribution in [-0.4, -0.2) is 36.2 Å². The zero-order valence-electron chi connectivity index (χ0n) is 16.7. The molecule has 0 saturated heterocycles. The zero-order chi connectivity index (χ0) is 20.8. The van der Waals surface area contributed by atoms with E-state index in [4.69, 9.17) is 9.47 Å². The molecule has 0 unspecified atom stereocenters. The van der Waals surface area contributed by atoms with E-state index in [-0.39, 0.29) is 11.7 Å². The van der Waals surface area contributed by atoms with Gasteiger partial charge in [0.25, 0.3) is 5.91 Å². The Kier molecular flexibility index (Phi) is 6.49. The van der Waals surface area contributed by atoms with Crippen molar-refractivity contribution in [1.29, 1.82) is 0 Å². The molecule has 3 rings (SSSR count). The predicted octanol–water partition coefficient (Wildman–Crippen LogP) is 3.37. The molecule has 0 bridgehead atoms. The summed E-state index contributed by atoms with van der Waals surface area (Å²) in [7, 11) is 3.07. The fraction of sp³-hybridized carbons (Fsp3) is 0.273. The molecule has 0 spiro atoms. The standard InChI is InChI=1S/C22H24FN3O3/c1-15-13-25-21(26(15)14-16-4-6-17(23)7-5-16)10-11-24-22(27)19-9-8-18(28-2)12-20(19)29-3/h4-9,12-13H,10-11,14H2,1-3H3,(H,24,27). The van der Waals surface area contributed by atoms with Crippen LogP contribution in [0.3, 0.4) is 0 Å². The number of imidazole rings is 1. The van der Waals surface area contributed by atoms with Crippen LogP contribution in [0.25, 0.3) is 0 Å². The molecule has 0 atom stereocenters. The van der Waals surface area contributed by atoms with E-state index in [1.165, 1.54) is 19.2 Å². The summed E-state index contributed by atoms with van der Waals surface area (Å²) < 4.78 is 25.6. The van der Waals surface area contributed by atoms with Gasteiger partial charge in [-0.15, -0.1) is 0 Å². The minimum Gasteiger partial charge on any atom is -0.497 e. The second kappa shape index (κ2) is 9.23. The molecule has 0 aliphatic heterocycles. The third kappa shape index (κ3) is 4.93. The van der Waals surface area contributed by atoms with Crippen molar-refractivity contribution in [1.82, 2.24) is 14.9 Å². The van der Waals surface area contributed by atoms with E-state index in [0.717, 1.165) is 17.1 Å². The monoisotopic (exact) mass is 397 g/mol.